The number of amides is 1. The molecule has 2 heterocycles. The van der Waals surface area contributed by atoms with E-state index >= 15 is 0 Å². The van der Waals surface area contributed by atoms with Crippen molar-refractivity contribution in [2.75, 3.05) is 11.1 Å². The van der Waals surface area contributed by atoms with E-state index in [9.17, 15) is 9.59 Å². The Bertz CT molecular complexity index is 902. The Labute approximate surface area is 159 Å². The van der Waals surface area contributed by atoms with Crippen molar-refractivity contribution >= 4 is 40.5 Å². The van der Waals surface area contributed by atoms with Gasteiger partial charge in [0, 0.05) is 24.7 Å². The molecule has 0 saturated heterocycles. The molecule has 0 unspecified atom stereocenters. The van der Waals surface area contributed by atoms with E-state index in [0.29, 0.717) is 11.3 Å². The van der Waals surface area contributed by atoms with Crippen molar-refractivity contribution in [3.8, 4) is 10.7 Å². The number of hydrogen-bond acceptors (Lipinski definition) is 6. The summed E-state index contributed by atoms with van der Waals surface area (Å²) in [6.07, 6.45) is 0. The summed E-state index contributed by atoms with van der Waals surface area (Å²) in [6, 6.07) is 10.9. The number of rotatable bonds is 7. The molecule has 2 aromatic heterocycles. The summed E-state index contributed by atoms with van der Waals surface area (Å²) >= 11 is 3.00. The average Bonchev–Trinajstić information content (AvgIpc) is 3.28. The fourth-order valence-corrected chi connectivity index (χ4v) is 4.04. The van der Waals surface area contributed by atoms with Crippen molar-refractivity contribution in [2.45, 2.75) is 25.5 Å². The Hall–Kier alpha value is -2.45. The molecule has 0 fully saturated rings. The van der Waals surface area contributed by atoms with Crippen LogP contribution in [-0.4, -0.2) is 32.2 Å². The Morgan fingerprint density at radius 2 is 1.96 bits per heavy atom. The van der Waals surface area contributed by atoms with Gasteiger partial charge in [0.25, 0.3) is 0 Å². The van der Waals surface area contributed by atoms with Gasteiger partial charge in [0.1, 0.15) is 0 Å². The summed E-state index contributed by atoms with van der Waals surface area (Å²) < 4.78 is 2.02. The monoisotopic (exact) mass is 386 g/mol. The summed E-state index contributed by atoms with van der Waals surface area (Å²) in [5.74, 6) is 0.979. The molecule has 1 amide bonds. The topological polar surface area (TPSA) is 76.9 Å². The lowest BCUT2D eigenvalue weighted by molar-refractivity contribution is -0.114. The molecular formula is C18H18N4O2S2. The first kappa shape index (κ1) is 18.3. The minimum Gasteiger partial charge on any atom is -0.326 e. The van der Waals surface area contributed by atoms with E-state index < -0.39 is 0 Å². The highest BCUT2D eigenvalue weighted by atomic mass is 32.2. The van der Waals surface area contributed by atoms with E-state index in [4.69, 9.17) is 0 Å². The number of carbonyl (C=O) groups is 2. The van der Waals surface area contributed by atoms with Gasteiger partial charge >= 0.3 is 0 Å². The van der Waals surface area contributed by atoms with Gasteiger partial charge in [-0.15, -0.1) is 21.5 Å². The smallest absolute Gasteiger partial charge is 0.221 e. The molecule has 134 valence electrons. The molecule has 0 aliphatic rings. The number of nitrogens with one attached hydrogen (secondary N) is 1. The first-order valence-corrected chi connectivity index (χ1v) is 9.95. The number of nitrogens with zero attached hydrogens (tertiary/aromatic N) is 3. The molecule has 0 atom stereocenters. The second kappa shape index (κ2) is 8.29. The molecule has 0 aliphatic heterocycles. The number of thiophene rings is 1. The Balaban J connectivity index is 1.67. The minimum atomic E-state index is -0.139. The maximum atomic E-state index is 12.4. The lowest BCUT2D eigenvalue weighted by Crippen LogP contribution is -2.07. The van der Waals surface area contributed by atoms with Gasteiger partial charge in [0.05, 0.1) is 10.6 Å². The number of benzene rings is 1. The van der Waals surface area contributed by atoms with Crippen LogP contribution in [0.2, 0.25) is 0 Å². The summed E-state index contributed by atoms with van der Waals surface area (Å²) in [7, 11) is 0. The first-order valence-electron chi connectivity index (χ1n) is 8.09. The van der Waals surface area contributed by atoms with Crippen molar-refractivity contribution in [3.05, 3.63) is 47.3 Å². The number of anilines is 1. The van der Waals surface area contributed by atoms with Crippen LogP contribution in [0.15, 0.2) is 46.9 Å². The highest BCUT2D eigenvalue weighted by Gasteiger charge is 2.15. The third-order valence-corrected chi connectivity index (χ3v) is 5.47. The quantitative estimate of drug-likeness (QED) is 0.491. The summed E-state index contributed by atoms with van der Waals surface area (Å²) in [5, 5.41) is 13.9. The molecule has 3 aromatic rings. The standard InChI is InChI=1S/C18H18N4O2S2/c1-3-22-17(16-5-4-10-25-16)20-21-18(22)26-11-15(24)13-6-8-14(9-7-13)19-12(2)23/h4-10H,3,11H2,1-2H3,(H,19,23). The SMILES string of the molecule is CCn1c(SCC(=O)c2ccc(NC(C)=O)cc2)nnc1-c1cccs1. The third-order valence-electron chi connectivity index (χ3n) is 3.63. The minimum absolute atomic E-state index is 0.00713. The van der Waals surface area contributed by atoms with Crippen molar-refractivity contribution in [3.63, 3.8) is 0 Å². The number of ketones is 1. The summed E-state index contributed by atoms with van der Waals surface area (Å²) in [5.41, 5.74) is 1.28. The summed E-state index contributed by atoms with van der Waals surface area (Å²) in [4.78, 5) is 24.5. The number of thioether (sulfide) groups is 1. The molecular weight excluding hydrogens is 368 g/mol. The Morgan fingerprint density at radius 1 is 1.19 bits per heavy atom. The van der Waals surface area contributed by atoms with E-state index in [0.717, 1.165) is 22.4 Å². The maximum Gasteiger partial charge on any atom is 0.221 e. The number of carbonyl (C=O) groups excluding carboxylic acids is 2. The molecule has 0 radical (unpaired) electrons. The van der Waals surface area contributed by atoms with Crippen LogP contribution in [0.4, 0.5) is 5.69 Å². The fraction of sp³-hybridized carbons (Fsp3) is 0.222. The van der Waals surface area contributed by atoms with Crippen molar-refractivity contribution in [1.82, 2.24) is 14.8 Å². The van der Waals surface area contributed by atoms with Gasteiger partial charge in [-0.05, 0) is 42.6 Å². The highest BCUT2D eigenvalue weighted by Crippen LogP contribution is 2.27. The zero-order chi connectivity index (χ0) is 18.5. The second-order valence-electron chi connectivity index (χ2n) is 5.50. The molecule has 1 aromatic carbocycles. The van der Waals surface area contributed by atoms with E-state index in [1.165, 1.54) is 18.7 Å². The maximum absolute atomic E-state index is 12.4. The molecule has 6 nitrogen and oxygen atoms in total. The zero-order valence-corrected chi connectivity index (χ0v) is 16.1. The third kappa shape index (κ3) is 4.20. The molecule has 0 bridgehead atoms. The van der Waals surface area contributed by atoms with Gasteiger partial charge in [-0.2, -0.15) is 0 Å². The van der Waals surface area contributed by atoms with Crippen LogP contribution < -0.4 is 5.32 Å². The fourth-order valence-electron chi connectivity index (χ4n) is 2.42. The largest absolute Gasteiger partial charge is 0.326 e. The molecule has 0 saturated carbocycles. The molecule has 0 aliphatic carbocycles. The molecule has 3 rings (SSSR count). The predicted octanol–water partition coefficient (Wildman–Crippen LogP) is 3.96. The van der Waals surface area contributed by atoms with Crippen molar-refractivity contribution < 1.29 is 9.59 Å². The second-order valence-corrected chi connectivity index (χ2v) is 7.39. The van der Waals surface area contributed by atoms with Gasteiger partial charge in [-0.1, -0.05) is 17.8 Å². The Morgan fingerprint density at radius 3 is 2.58 bits per heavy atom. The molecule has 8 heteroatoms. The number of hydrogen-bond donors (Lipinski definition) is 1. The van der Waals surface area contributed by atoms with Crippen LogP contribution in [0.25, 0.3) is 10.7 Å². The average molecular weight is 387 g/mol. The van der Waals surface area contributed by atoms with Gasteiger partial charge < -0.3 is 9.88 Å². The van der Waals surface area contributed by atoms with E-state index in [2.05, 4.69) is 15.5 Å². The Kier molecular flexibility index (Phi) is 5.85. The lowest BCUT2D eigenvalue weighted by atomic mass is 10.1. The molecule has 1 N–H and O–H groups in total. The number of aromatic nitrogens is 3. The first-order chi connectivity index (χ1) is 12.6. The van der Waals surface area contributed by atoms with Crippen molar-refractivity contribution in [2.24, 2.45) is 0 Å². The van der Waals surface area contributed by atoms with Crippen LogP contribution in [0.1, 0.15) is 24.2 Å². The van der Waals surface area contributed by atoms with Gasteiger partial charge in [-0.25, -0.2) is 0 Å². The highest BCUT2D eigenvalue weighted by molar-refractivity contribution is 7.99. The van der Waals surface area contributed by atoms with E-state index in [-0.39, 0.29) is 17.4 Å². The zero-order valence-electron chi connectivity index (χ0n) is 14.4. The molecule has 0 spiro atoms. The van der Waals surface area contributed by atoms with Crippen LogP contribution in [0.5, 0.6) is 0 Å². The van der Waals surface area contributed by atoms with Gasteiger partial charge in [0.15, 0.2) is 16.8 Å². The molecule has 26 heavy (non-hydrogen) atoms. The van der Waals surface area contributed by atoms with E-state index in [1.807, 2.05) is 29.0 Å². The van der Waals surface area contributed by atoms with Crippen LogP contribution in [0, 0.1) is 0 Å². The number of Topliss-reactive ketones (excluding diaryl/α,β-unsaturated/α-hetero) is 1. The van der Waals surface area contributed by atoms with E-state index in [1.54, 1.807) is 35.6 Å². The van der Waals surface area contributed by atoms with Crippen LogP contribution in [-0.2, 0) is 11.3 Å². The summed E-state index contributed by atoms with van der Waals surface area (Å²) in [6.45, 7) is 4.22. The predicted molar refractivity (Wildman–Crippen MR) is 105 cm³/mol. The van der Waals surface area contributed by atoms with Crippen LogP contribution >= 0.6 is 23.1 Å². The van der Waals surface area contributed by atoms with Gasteiger partial charge in [0.2, 0.25) is 5.91 Å². The normalized spacial score (nSPS) is 10.7. The van der Waals surface area contributed by atoms with Crippen molar-refractivity contribution in [1.29, 1.82) is 0 Å². The van der Waals surface area contributed by atoms with Crippen LogP contribution in [0.3, 0.4) is 0 Å². The van der Waals surface area contributed by atoms with Gasteiger partial charge in [-0.3, -0.25) is 9.59 Å². The lowest BCUT2D eigenvalue weighted by Gasteiger charge is -2.06.